The molecule has 254 valence electrons. The van der Waals surface area contributed by atoms with E-state index >= 15 is 0 Å². The van der Waals surface area contributed by atoms with E-state index in [9.17, 15) is 31.1 Å². The third-order valence-electron chi connectivity index (χ3n) is 7.98. The molecule has 0 bridgehead atoms. The fourth-order valence-corrected chi connectivity index (χ4v) is 5.70. The highest BCUT2D eigenvalue weighted by Gasteiger charge is 2.39. The number of anilines is 3. The van der Waals surface area contributed by atoms with Gasteiger partial charge in [-0.3, -0.25) is 9.88 Å². The Labute approximate surface area is 267 Å². The molecule has 2 atom stereocenters. The van der Waals surface area contributed by atoms with Gasteiger partial charge in [-0.05, 0) is 49.6 Å². The molecule has 0 saturated carbocycles. The van der Waals surface area contributed by atoms with Crippen LogP contribution in [0.5, 0.6) is 5.88 Å². The maximum Gasteiger partial charge on any atom is 0.416 e. The van der Waals surface area contributed by atoms with Crippen molar-refractivity contribution in [2.45, 2.75) is 57.5 Å². The number of carbonyl (C=O) groups excluding carboxylic acids is 1. The third-order valence-corrected chi connectivity index (χ3v) is 7.98. The number of nitrogens with one attached hydrogen (secondary N) is 1. The number of ether oxygens (including phenoxy) is 3. The summed E-state index contributed by atoms with van der Waals surface area (Å²) in [6, 6.07) is 3.81. The highest BCUT2D eigenvalue weighted by molar-refractivity contribution is 5.90. The van der Waals surface area contributed by atoms with Gasteiger partial charge in [0, 0.05) is 31.6 Å². The van der Waals surface area contributed by atoms with Crippen LogP contribution in [0.3, 0.4) is 0 Å². The number of carbonyl (C=O) groups is 1. The molecular formula is C31H34F6N6O4. The number of pyridine rings is 1. The zero-order chi connectivity index (χ0) is 33.9. The Kier molecular flexibility index (Phi) is 9.98. The maximum atomic E-state index is 13.7. The van der Waals surface area contributed by atoms with Crippen LogP contribution in [0.2, 0.25) is 0 Å². The van der Waals surface area contributed by atoms with Crippen molar-refractivity contribution in [2.75, 3.05) is 55.1 Å². The van der Waals surface area contributed by atoms with Gasteiger partial charge < -0.3 is 24.4 Å². The van der Waals surface area contributed by atoms with Crippen LogP contribution in [0.1, 0.15) is 60.8 Å². The average molecular weight is 669 g/mol. The van der Waals surface area contributed by atoms with Crippen molar-refractivity contribution in [1.82, 2.24) is 15.0 Å². The number of amides is 1. The first-order chi connectivity index (χ1) is 22.3. The molecule has 2 aliphatic heterocycles. The van der Waals surface area contributed by atoms with Gasteiger partial charge >= 0.3 is 18.4 Å². The first-order valence-electron chi connectivity index (χ1n) is 15.1. The van der Waals surface area contributed by atoms with E-state index in [-0.39, 0.29) is 48.1 Å². The molecule has 5 rings (SSSR count). The van der Waals surface area contributed by atoms with Crippen LogP contribution in [-0.4, -0.2) is 67.1 Å². The van der Waals surface area contributed by atoms with E-state index in [4.69, 9.17) is 19.2 Å². The Balaban J connectivity index is 1.59. The number of rotatable bonds is 8. The zero-order valence-corrected chi connectivity index (χ0v) is 25.9. The summed E-state index contributed by atoms with van der Waals surface area (Å²) in [5, 5.41) is 3.33. The number of hydrogen-bond acceptors (Lipinski definition) is 9. The van der Waals surface area contributed by atoms with Crippen molar-refractivity contribution in [2.24, 2.45) is 0 Å². The molecule has 47 heavy (non-hydrogen) atoms. The molecule has 4 heterocycles. The number of halogens is 6. The summed E-state index contributed by atoms with van der Waals surface area (Å²) in [6.45, 7) is 5.67. The summed E-state index contributed by atoms with van der Waals surface area (Å²) >= 11 is 0. The van der Waals surface area contributed by atoms with E-state index < -0.39 is 35.6 Å². The van der Waals surface area contributed by atoms with E-state index in [1.54, 1.807) is 19.1 Å². The zero-order valence-electron chi connectivity index (χ0n) is 25.9. The predicted molar refractivity (Wildman–Crippen MR) is 160 cm³/mol. The van der Waals surface area contributed by atoms with Crippen LogP contribution < -0.4 is 19.9 Å². The molecule has 0 unspecified atom stereocenters. The molecule has 10 nitrogen and oxygen atoms in total. The Morgan fingerprint density at radius 3 is 2.30 bits per heavy atom. The molecule has 1 fully saturated rings. The second kappa shape index (κ2) is 13.8. The summed E-state index contributed by atoms with van der Waals surface area (Å²) in [5.74, 6) is 0.876. The summed E-state index contributed by atoms with van der Waals surface area (Å²) in [5.41, 5.74) is -2.07. The van der Waals surface area contributed by atoms with Crippen molar-refractivity contribution in [3.63, 3.8) is 0 Å². The lowest BCUT2D eigenvalue weighted by atomic mass is 9.93. The minimum Gasteiger partial charge on any atom is -0.481 e. The first-order valence-corrected chi connectivity index (χ1v) is 15.1. The first kappa shape index (κ1) is 34.0. The van der Waals surface area contributed by atoms with Crippen molar-refractivity contribution in [3.8, 4) is 5.88 Å². The van der Waals surface area contributed by atoms with E-state index in [0.29, 0.717) is 68.5 Å². The Morgan fingerprint density at radius 2 is 1.70 bits per heavy atom. The lowest BCUT2D eigenvalue weighted by molar-refractivity contribution is -0.143. The number of alkyl halides is 6. The minimum atomic E-state index is -5.00. The van der Waals surface area contributed by atoms with Crippen LogP contribution >= 0.6 is 0 Å². The SMILES string of the molecule is CCOC(=O)N1c2ccc(OC)nc2[C@@H](Nc2nc(N3CCOCC3)cnc2Cc2cc(C(F)(F)F)cc(C(F)(F)F)c2)C[C@H]1CC. The fourth-order valence-electron chi connectivity index (χ4n) is 5.70. The largest absolute Gasteiger partial charge is 0.481 e. The molecule has 1 amide bonds. The Bertz CT molecular complexity index is 1550. The molecule has 2 aliphatic rings. The average Bonchev–Trinajstić information content (AvgIpc) is 3.04. The van der Waals surface area contributed by atoms with Gasteiger partial charge in [-0.25, -0.2) is 14.8 Å². The molecule has 16 heteroatoms. The topological polar surface area (TPSA) is 102 Å². The molecule has 3 aromatic rings. The quantitative estimate of drug-likeness (QED) is 0.265. The smallest absolute Gasteiger partial charge is 0.416 e. The normalized spacial score (nSPS) is 18.5. The number of fused-ring (bicyclic) bond motifs is 1. The molecule has 1 N–H and O–H groups in total. The Hall–Kier alpha value is -4.34. The van der Waals surface area contributed by atoms with Crippen LogP contribution in [0.15, 0.2) is 36.5 Å². The summed E-state index contributed by atoms with van der Waals surface area (Å²) in [4.78, 5) is 30.4. The van der Waals surface area contributed by atoms with E-state index in [1.165, 1.54) is 18.2 Å². The number of benzene rings is 1. The molecule has 2 aromatic heterocycles. The molecule has 1 aromatic carbocycles. The summed E-state index contributed by atoms with van der Waals surface area (Å²) in [6.07, 6.45) is -8.63. The highest BCUT2D eigenvalue weighted by atomic mass is 19.4. The summed E-state index contributed by atoms with van der Waals surface area (Å²) in [7, 11) is 1.44. The van der Waals surface area contributed by atoms with Gasteiger partial charge in [0.15, 0.2) is 5.82 Å². The van der Waals surface area contributed by atoms with Crippen LogP contribution in [0.25, 0.3) is 0 Å². The van der Waals surface area contributed by atoms with Crippen LogP contribution in [0, 0.1) is 0 Å². The van der Waals surface area contributed by atoms with Crippen LogP contribution in [0.4, 0.5) is 48.5 Å². The van der Waals surface area contributed by atoms with Crippen molar-refractivity contribution in [1.29, 1.82) is 0 Å². The number of morpholine rings is 1. The van der Waals surface area contributed by atoms with E-state index in [2.05, 4.69) is 15.3 Å². The number of aromatic nitrogens is 3. The van der Waals surface area contributed by atoms with Crippen molar-refractivity contribution >= 4 is 23.4 Å². The lowest BCUT2D eigenvalue weighted by Crippen LogP contribution is -2.46. The van der Waals surface area contributed by atoms with Gasteiger partial charge in [-0.2, -0.15) is 26.3 Å². The molecule has 0 radical (unpaired) electrons. The number of hydrogen-bond donors (Lipinski definition) is 1. The number of methoxy groups -OCH3 is 1. The van der Waals surface area contributed by atoms with Gasteiger partial charge in [0.05, 0.1) is 67.4 Å². The van der Waals surface area contributed by atoms with Gasteiger partial charge in [-0.1, -0.05) is 6.92 Å². The van der Waals surface area contributed by atoms with Gasteiger partial charge in [0.2, 0.25) is 5.88 Å². The van der Waals surface area contributed by atoms with Crippen molar-refractivity contribution in [3.05, 3.63) is 64.6 Å². The molecule has 1 saturated heterocycles. The highest BCUT2D eigenvalue weighted by Crippen LogP contribution is 2.41. The maximum absolute atomic E-state index is 13.7. The number of nitrogens with zero attached hydrogens (tertiary/aromatic N) is 5. The van der Waals surface area contributed by atoms with Gasteiger partial charge in [0.1, 0.15) is 5.82 Å². The second-order valence-corrected chi connectivity index (χ2v) is 11.0. The summed E-state index contributed by atoms with van der Waals surface area (Å²) < 4.78 is 98.0. The van der Waals surface area contributed by atoms with Gasteiger partial charge in [-0.15, -0.1) is 0 Å². The van der Waals surface area contributed by atoms with Crippen molar-refractivity contribution < 1.29 is 45.3 Å². The molecule has 0 spiro atoms. The van der Waals surface area contributed by atoms with E-state index in [0.717, 1.165) is 0 Å². The molecule has 0 aliphatic carbocycles. The fraction of sp³-hybridized carbons (Fsp3) is 0.484. The third kappa shape index (κ3) is 7.63. The Morgan fingerprint density at radius 1 is 1.02 bits per heavy atom. The standard InChI is InChI=1S/C31H34F6N6O4/c1-4-21-16-22(27-24(6-7-26(41-27)45-3)43(21)29(44)47-5-2)39-28-23(38-17-25(40-28)42-8-10-46-11-9-42)14-18-12-19(30(32,33)34)15-20(13-18)31(35,36)37/h6-7,12-13,15,17,21-22H,4-5,8-11,14,16H2,1-3H3,(H,39,40)/t21-,22+/m1/s1. The van der Waals surface area contributed by atoms with E-state index in [1.807, 2.05) is 11.8 Å². The predicted octanol–water partition coefficient (Wildman–Crippen LogP) is 6.64. The second-order valence-electron chi connectivity index (χ2n) is 11.0. The molecular weight excluding hydrogens is 634 g/mol. The van der Waals surface area contributed by atoms with Crippen LogP contribution in [-0.2, 0) is 28.2 Å². The van der Waals surface area contributed by atoms with Gasteiger partial charge in [0.25, 0.3) is 0 Å². The lowest BCUT2D eigenvalue weighted by Gasteiger charge is -2.39. The monoisotopic (exact) mass is 668 g/mol. The minimum absolute atomic E-state index is 0.0913.